The van der Waals surface area contributed by atoms with Gasteiger partial charge in [-0.2, -0.15) is 11.8 Å². The zero-order valence-corrected chi connectivity index (χ0v) is 15.9. The molecular weight excluding hydrogens is 397 g/mol. The van der Waals surface area contributed by atoms with Crippen molar-refractivity contribution in [3.63, 3.8) is 0 Å². The number of benzene rings is 1. The highest BCUT2D eigenvalue weighted by Crippen LogP contribution is 2.14. The summed E-state index contributed by atoms with van der Waals surface area (Å²) in [4.78, 5) is 4.33. The Labute approximate surface area is 149 Å². The molecule has 0 aliphatic carbocycles. The monoisotopic (exact) mass is 423 g/mol. The fourth-order valence-electron chi connectivity index (χ4n) is 1.77. The minimum absolute atomic E-state index is 0. The Morgan fingerprint density at radius 2 is 1.86 bits per heavy atom. The number of methoxy groups -OCH3 is 1. The van der Waals surface area contributed by atoms with Gasteiger partial charge in [0.05, 0.1) is 7.11 Å². The summed E-state index contributed by atoms with van der Waals surface area (Å²) < 4.78 is 5.10. The standard InChI is InChI=1S/C15H25N3OS.HI/c1-19-14-9-7-13(8-10-14)18-15(16)17-11-5-3-4-6-12-20-2;/h7-10H,3-6,11-12H2,1-2H3,(H3,16,17,18);1H. The second-order valence-electron chi connectivity index (χ2n) is 4.53. The van der Waals surface area contributed by atoms with Gasteiger partial charge in [0.2, 0.25) is 0 Å². The molecule has 0 fully saturated rings. The SMILES string of the molecule is COc1ccc(NC(N)=NCCCCCCSC)cc1.I. The molecule has 0 aliphatic heterocycles. The molecule has 1 aromatic carbocycles. The Balaban J connectivity index is 0.00000400. The van der Waals surface area contributed by atoms with Gasteiger partial charge < -0.3 is 15.8 Å². The van der Waals surface area contributed by atoms with E-state index in [4.69, 9.17) is 10.5 Å². The third-order valence-electron chi connectivity index (χ3n) is 2.90. The van der Waals surface area contributed by atoms with Crippen LogP contribution in [0.2, 0.25) is 0 Å². The quantitative estimate of drug-likeness (QED) is 0.273. The number of aliphatic imine (C=N–C) groups is 1. The number of hydrogen-bond acceptors (Lipinski definition) is 3. The average molecular weight is 423 g/mol. The number of hydrogen-bond donors (Lipinski definition) is 2. The molecule has 0 saturated heterocycles. The third-order valence-corrected chi connectivity index (χ3v) is 3.60. The van der Waals surface area contributed by atoms with Gasteiger partial charge in [-0.25, -0.2) is 0 Å². The molecule has 0 aromatic heterocycles. The van der Waals surface area contributed by atoms with E-state index in [-0.39, 0.29) is 24.0 Å². The average Bonchev–Trinajstić information content (AvgIpc) is 2.47. The molecule has 0 atom stereocenters. The van der Waals surface area contributed by atoms with E-state index in [1.54, 1.807) is 7.11 Å². The van der Waals surface area contributed by atoms with Crippen LogP contribution in [0.1, 0.15) is 25.7 Å². The molecule has 1 aromatic rings. The molecule has 0 bridgehead atoms. The molecule has 21 heavy (non-hydrogen) atoms. The molecule has 3 N–H and O–H groups in total. The van der Waals surface area contributed by atoms with Crippen molar-refractivity contribution < 1.29 is 4.74 Å². The molecule has 6 heteroatoms. The van der Waals surface area contributed by atoms with E-state index < -0.39 is 0 Å². The molecular formula is C15H26IN3OS. The summed E-state index contributed by atoms with van der Waals surface area (Å²) in [5, 5.41) is 3.07. The summed E-state index contributed by atoms with van der Waals surface area (Å²) in [6, 6.07) is 7.62. The van der Waals surface area contributed by atoms with Crippen molar-refractivity contribution in [1.82, 2.24) is 0 Å². The van der Waals surface area contributed by atoms with Gasteiger partial charge in [0.25, 0.3) is 0 Å². The predicted molar refractivity (Wildman–Crippen MR) is 105 cm³/mol. The molecule has 0 aliphatic rings. The van der Waals surface area contributed by atoms with Crippen molar-refractivity contribution in [2.75, 3.05) is 31.0 Å². The maximum absolute atomic E-state index is 5.84. The van der Waals surface area contributed by atoms with E-state index in [1.807, 2.05) is 36.0 Å². The lowest BCUT2D eigenvalue weighted by Crippen LogP contribution is -2.22. The van der Waals surface area contributed by atoms with Crippen LogP contribution < -0.4 is 15.8 Å². The van der Waals surface area contributed by atoms with Crippen LogP contribution in [0.15, 0.2) is 29.3 Å². The van der Waals surface area contributed by atoms with Crippen LogP contribution in [0.5, 0.6) is 5.75 Å². The number of halogens is 1. The number of nitrogens with zero attached hydrogens (tertiary/aromatic N) is 1. The maximum atomic E-state index is 5.84. The zero-order valence-electron chi connectivity index (χ0n) is 12.8. The van der Waals surface area contributed by atoms with Crippen LogP contribution in [-0.2, 0) is 0 Å². The van der Waals surface area contributed by atoms with Gasteiger partial charge in [-0.05, 0) is 49.1 Å². The first kappa shape index (κ1) is 20.4. The van der Waals surface area contributed by atoms with Crippen molar-refractivity contribution in [2.24, 2.45) is 10.7 Å². The molecule has 4 nitrogen and oxygen atoms in total. The van der Waals surface area contributed by atoms with Gasteiger partial charge in [0.15, 0.2) is 5.96 Å². The lowest BCUT2D eigenvalue weighted by atomic mass is 10.2. The molecule has 0 saturated carbocycles. The van der Waals surface area contributed by atoms with E-state index >= 15 is 0 Å². The van der Waals surface area contributed by atoms with Gasteiger partial charge in [-0.1, -0.05) is 12.8 Å². The minimum atomic E-state index is 0. The summed E-state index contributed by atoms with van der Waals surface area (Å²) in [7, 11) is 1.65. The van der Waals surface area contributed by atoms with Crippen molar-refractivity contribution in [2.45, 2.75) is 25.7 Å². The highest BCUT2D eigenvalue weighted by molar-refractivity contribution is 14.0. The highest BCUT2D eigenvalue weighted by Gasteiger charge is 1.96. The van der Waals surface area contributed by atoms with Gasteiger partial charge in [-0.15, -0.1) is 24.0 Å². The van der Waals surface area contributed by atoms with Crippen molar-refractivity contribution in [1.29, 1.82) is 0 Å². The van der Waals surface area contributed by atoms with Crippen molar-refractivity contribution in [3.8, 4) is 5.75 Å². The Hall–Kier alpha value is -0.630. The van der Waals surface area contributed by atoms with Gasteiger partial charge >= 0.3 is 0 Å². The normalized spacial score (nSPS) is 10.9. The highest BCUT2D eigenvalue weighted by atomic mass is 127. The van der Waals surface area contributed by atoms with Gasteiger partial charge in [0, 0.05) is 12.2 Å². The molecule has 120 valence electrons. The van der Waals surface area contributed by atoms with Crippen molar-refractivity contribution in [3.05, 3.63) is 24.3 Å². The summed E-state index contributed by atoms with van der Waals surface area (Å²) in [6.45, 7) is 0.786. The topological polar surface area (TPSA) is 59.6 Å². The predicted octanol–water partition coefficient (Wildman–Crippen LogP) is 3.96. The first-order valence-electron chi connectivity index (χ1n) is 6.96. The summed E-state index contributed by atoms with van der Waals surface area (Å²) >= 11 is 1.91. The second kappa shape index (κ2) is 13.1. The van der Waals surface area contributed by atoms with Crippen LogP contribution in [0.3, 0.4) is 0 Å². The van der Waals surface area contributed by atoms with Crippen molar-refractivity contribution >= 4 is 47.4 Å². The van der Waals surface area contributed by atoms with E-state index in [9.17, 15) is 0 Å². The first-order valence-corrected chi connectivity index (χ1v) is 8.35. The fraction of sp³-hybridized carbons (Fsp3) is 0.533. The number of ether oxygens (including phenoxy) is 1. The summed E-state index contributed by atoms with van der Waals surface area (Å²) in [6.07, 6.45) is 7.04. The number of anilines is 1. The van der Waals surface area contributed by atoms with E-state index in [0.717, 1.165) is 24.4 Å². The zero-order chi connectivity index (χ0) is 14.6. The maximum Gasteiger partial charge on any atom is 0.193 e. The van der Waals surface area contributed by atoms with Gasteiger partial charge in [-0.3, -0.25) is 4.99 Å². The Bertz CT molecular complexity index is 398. The van der Waals surface area contributed by atoms with Crippen LogP contribution >= 0.6 is 35.7 Å². The Morgan fingerprint density at radius 1 is 1.19 bits per heavy atom. The lowest BCUT2D eigenvalue weighted by molar-refractivity contribution is 0.415. The molecule has 0 heterocycles. The number of nitrogens with two attached hydrogens (primary N) is 1. The number of nitrogens with one attached hydrogen (secondary N) is 1. The largest absolute Gasteiger partial charge is 0.497 e. The molecule has 1 rings (SSSR count). The van der Waals surface area contributed by atoms with Gasteiger partial charge in [0.1, 0.15) is 5.75 Å². The number of thioether (sulfide) groups is 1. The van der Waals surface area contributed by atoms with E-state index in [2.05, 4.69) is 16.6 Å². The smallest absolute Gasteiger partial charge is 0.193 e. The molecule has 0 spiro atoms. The number of rotatable bonds is 9. The summed E-state index contributed by atoms with van der Waals surface area (Å²) in [5.74, 6) is 2.56. The van der Waals surface area contributed by atoms with Crippen LogP contribution in [0.25, 0.3) is 0 Å². The fourth-order valence-corrected chi connectivity index (χ4v) is 2.27. The number of guanidine groups is 1. The van der Waals surface area contributed by atoms with E-state index in [1.165, 1.54) is 25.0 Å². The van der Waals surface area contributed by atoms with E-state index in [0.29, 0.717) is 5.96 Å². The lowest BCUT2D eigenvalue weighted by Gasteiger charge is -2.06. The summed E-state index contributed by atoms with van der Waals surface area (Å²) in [5.41, 5.74) is 6.77. The molecule has 0 amide bonds. The van der Waals surface area contributed by atoms with Crippen LogP contribution in [0.4, 0.5) is 5.69 Å². The van der Waals surface area contributed by atoms with Crippen LogP contribution in [0, 0.1) is 0 Å². The third kappa shape index (κ3) is 9.84. The first-order chi connectivity index (χ1) is 9.76. The molecule has 0 unspecified atom stereocenters. The Kier molecular flexibility index (Phi) is 12.7. The second-order valence-corrected chi connectivity index (χ2v) is 5.51. The Morgan fingerprint density at radius 3 is 2.48 bits per heavy atom. The minimum Gasteiger partial charge on any atom is -0.497 e. The van der Waals surface area contributed by atoms with Crippen LogP contribution in [-0.4, -0.2) is 31.6 Å². The number of unbranched alkanes of at least 4 members (excludes halogenated alkanes) is 3. The molecule has 0 radical (unpaired) electrons.